The zero-order valence-corrected chi connectivity index (χ0v) is 10.9. The molecule has 18 heavy (non-hydrogen) atoms. The average molecular weight is 246 g/mol. The first-order chi connectivity index (χ1) is 8.27. The Morgan fingerprint density at radius 3 is 2.22 bits per heavy atom. The molecule has 94 valence electrons. The van der Waals surface area contributed by atoms with Crippen molar-refractivity contribution >= 4 is 12.6 Å². The minimum atomic E-state index is -0.702. The molecule has 0 saturated carbocycles. The van der Waals surface area contributed by atoms with Gasteiger partial charge < -0.3 is 14.3 Å². The summed E-state index contributed by atoms with van der Waals surface area (Å²) < 4.78 is 11.6. The van der Waals surface area contributed by atoms with Gasteiger partial charge in [-0.05, 0) is 33.8 Å². The van der Waals surface area contributed by atoms with Gasteiger partial charge in [0.1, 0.15) is 11.8 Å². The van der Waals surface area contributed by atoms with E-state index in [0.29, 0.717) is 5.46 Å². The van der Waals surface area contributed by atoms with E-state index in [9.17, 15) is 4.79 Å². The molecule has 0 spiro atoms. The average Bonchev–Trinajstić information content (AvgIpc) is 2.47. The Morgan fingerprint density at radius 1 is 1.22 bits per heavy atom. The molecule has 6 heteroatoms. The lowest BCUT2D eigenvalue weighted by molar-refractivity contribution is 0.00578. The normalized spacial score (nSPS) is 20.7. The van der Waals surface area contributed by atoms with Gasteiger partial charge in [-0.1, -0.05) is 6.07 Å². The summed E-state index contributed by atoms with van der Waals surface area (Å²) in [6, 6.07) is 4.99. The van der Waals surface area contributed by atoms with Crippen molar-refractivity contribution in [2.75, 3.05) is 0 Å². The van der Waals surface area contributed by atoms with Crippen molar-refractivity contribution in [2.45, 2.75) is 38.9 Å². The quantitative estimate of drug-likeness (QED) is 0.734. The lowest BCUT2D eigenvalue weighted by Gasteiger charge is -2.32. The predicted molar refractivity (Wildman–Crippen MR) is 67.5 cm³/mol. The van der Waals surface area contributed by atoms with Crippen LogP contribution in [0.2, 0.25) is 0 Å². The molecule has 0 amide bonds. The van der Waals surface area contributed by atoms with Crippen LogP contribution in [0, 0.1) is 11.3 Å². The molecule has 1 aromatic rings. The number of hydrogen-bond donors (Lipinski definition) is 1. The van der Waals surface area contributed by atoms with Gasteiger partial charge in [0.25, 0.3) is 0 Å². The predicted octanol–water partition coefficient (Wildman–Crippen LogP) is 0.546. The standard InChI is InChI=1S/C12H15BN2O3/c1-11(2)12(3,4)18-13(17-11)9-6-5-8(7-14)15-10(9)16/h5-6H,1-4H3,(H,15,16). The van der Waals surface area contributed by atoms with Gasteiger partial charge in [-0.3, -0.25) is 4.79 Å². The smallest absolute Gasteiger partial charge is 0.399 e. The molecule has 0 radical (unpaired) electrons. The topological polar surface area (TPSA) is 75.1 Å². The number of nitriles is 1. The van der Waals surface area contributed by atoms with Crippen molar-refractivity contribution in [1.82, 2.24) is 4.98 Å². The number of nitrogens with one attached hydrogen (secondary N) is 1. The molecular formula is C12H15BN2O3. The highest BCUT2D eigenvalue weighted by Crippen LogP contribution is 2.36. The number of H-pyrrole nitrogens is 1. The molecule has 1 saturated heterocycles. The molecule has 0 bridgehead atoms. The van der Waals surface area contributed by atoms with Crippen molar-refractivity contribution in [2.24, 2.45) is 0 Å². The molecular weight excluding hydrogens is 231 g/mol. The van der Waals surface area contributed by atoms with Crippen LogP contribution in [0.15, 0.2) is 16.9 Å². The second kappa shape index (κ2) is 3.97. The first-order valence-electron chi connectivity index (χ1n) is 5.76. The van der Waals surface area contributed by atoms with E-state index < -0.39 is 18.3 Å². The van der Waals surface area contributed by atoms with Gasteiger partial charge in [0.05, 0.1) is 11.2 Å². The summed E-state index contributed by atoms with van der Waals surface area (Å²) in [6.45, 7) is 7.69. The maximum absolute atomic E-state index is 11.8. The van der Waals surface area contributed by atoms with Crippen molar-refractivity contribution in [1.29, 1.82) is 5.26 Å². The van der Waals surface area contributed by atoms with Gasteiger partial charge in [-0.15, -0.1) is 0 Å². The largest absolute Gasteiger partial charge is 0.500 e. The van der Waals surface area contributed by atoms with Crippen LogP contribution < -0.4 is 11.0 Å². The van der Waals surface area contributed by atoms with Gasteiger partial charge in [0.15, 0.2) is 0 Å². The molecule has 1 aliphatic rings. The van der Waals surface area contributed by atoms with Crippen molar-refractivity contribution in [3.05, 3.63) is 28.2 Å². The second-order valence-corrected chi connectivity index (χ2v) is 5.36. The van der Waals surface area contributed by atoms with Gasteiger partial charge in [0, 0.05) is 5.46 Å². The first kappa shape index (κ1) is 12.9. The van der Waals surface area contributed by atoms with Gasteiger partial charge >= 0.3 is 7.12 Å². The Bertz CT molecular complexity index is 555. The van der Waals surface area contributed by atoms with E-state index >= 15 is 0 Å². The zero-order chi connectivity index (χ0) is 13.6. The number of aromatic amines is 1. The second-order valence-electron chi connectivity index (χ2n) is 5.36. The number of aromatic nitrogens is 1. The molecule has 1 aromatic heterocycles. The molecule has 1 N–H and O–H groups in total. The van der Waals surface area contributed by atoms with E-state index in [4.69, 9.17) is 14.6 Å². The zero-order valence-electron chi connectivity index (χ0n) is 10.9. The maximum atomic E-state index is 11.8. The SMILES string of the molecule is CC1(C)OB(c2ccc(C#N)[nH]c2=O)OC1(C)C. The lowest BCUT2D eigenvalue weighted by Crippen LogP contribution is -2.44. The summed E-state index contributed by atoms with van der Waals surface area (Å²) in [5.74, 6) is 0. The highest BCUT2D eigenvalue weighted by molar-refractivity contribution is 6.61. The van der Waals surface area contributed by atoms with Crippen molar-refractivity contribution < 1.29 is 9.31 Å². The molecule has 0 aromatic carbocycles. The van der Waals surface area contributed by atoms with E-state index in [1.807, 2.05) is 33.8 Å². The van der Waals surface area contributed by atoms with Crippen LogP contribution in [0.4, 0.5) is 0 Å². The Labute approximate surface area is 106 Å². The van der Waals surface area contributed by atoms with E-state index in [1.54, 1.807) is 12.1 Å². The number of nitrogens with zero attached hydrogens (tertiary/aromatic N) is 1. The van der Waals surface area contributed by atoms with E-state index in [1.165, 1.54) is 0 Å². The molecule has 2 heterocycles. The third kappa shape index (κ3) is 1.96. The Hall–Kier alpha value is -1.58. The van der Waals surface area contributed by atoms with Gasteiger partial charge in [-0.25, -0.2) is 0 Å². The van der Waals surface area contributed by atoms with E-state index in [-0.39, 0.29) is 11.3 Å². The fourth-order valence-electron chi connectivity index (χ4n) is 1.71. The van der Waals surface area contributed by atoms with E-state index in [0.717, 1.165) is 0 Å². The number of rotatable bonds is 1. The lowest BCUT2D eigenvalue weighted by atomic mass is 9.80. The molecule has 0 unspecified atom stereocenters. The fourth-order valence-corrected chi connectivity index (χ4v) is 1.71. The summed E-state index contributed by atoms with van der Waals surface area (Å²) in [7, 11) is -0.702. The molecule has 0 aliphatic carbocycles. The Kier molecular flexibility index (Phi) is 2.84. The third-order valence-corrected chi connectivity index (χ3v) is 3.57. The molecule has 5 nitrogen and oxygen atoms in total. The summed E-state index contributed by atoms with van der Waals surface area (Å²) in [5, 5.41) is 8.70. The Morgan fingerprint density at radius 2 is 1.78 bits per heavy atom. The minimum Gasteiger partial charge on any atom is -0.399 e. The summed E-state index contributed by atoms with van der Waals surface area (Å²) in [6.07, 6.45) is 0. The molecule has 1 aliphatic heterocycles. The maximum Gasteiger partial charge on any atom is 0.500 e. The summed E-state index contributed by atoms with van der Waals surface area (Å²) in [4.78, 5) is 14.3. The number of hydrogen-bond acceptors (Lipinski definition) is 4. The van der Waals surface area contributed by atoms with Crippen LogP contribution >= 0.6 is 0 Å². The number of pyridine rings is 1. The van der Waals surface area contributed by atoms with Crippen molar-refractivity contribution in [3.63, 3.8) is 0 Å². The van der Waals surface area contributed by atoms with Crippen LogP contribution in [0.25, 0.3) is 0 Å². The summed E-state index contributed by atoms with van der Waals surface area (Å²) in [5.41, 5.74) is -0.726. The van der Waals surface area contributed by atoms with Crippen LogP contribution in [-0.4, -0.2) is 23.3 Å². The highest BCUT2D eigenvalue weighted by atomic mass is 16.7. The molecule has 1 fully saturated rings. The van der Waals surface area contributed by atoms with Crippen LogP contribution in [0.5, 0.6) is 0 Å². The van der Waals surface area contributed by atoms with Gasteiger partial charge in [-0.2, -0.15) is 5.26 Å². The molecule has 0 atom stereocenters. The minimum absolute atomic E-state index is 0.222. The highest BCUT2D eigenvalue weighted by Gasteiger charge is 2.52. The van der Waals surface area contributed by atoms with Crippen LogP contribution in [0.1, 0.15) is 33.4 Å². The first-order valence-corrected chi connectivity index (χ1v) is 5.76. The van der Waals surface area contributed by atoms with Crippen LogP contribution in [-0.2, 0) is 9.31 Å². The monoisotopic (exact) mass is 246 g/mol. The van der Waals surface area contributed by atoms with Gasteiger partial charge in [0.2, 0.25) is 5.56 Å². The van der Waals surface area contributed by atoms with E-state index in [2.05, 4.69) is 4.98 Å². The van der Waals surface area contributed by atoms with Crippen molar-refractivity contribution in [3.8, 4) is 6.07 Å². The van der Waals surface area contributed by atoms with Crippen LogP contribution in [0.3, 0.4) is 0 Å². The molecule has 2 rings (SSSR count). The fraction of sp³-hybridized carbons (Fsp3) is 0.500. The third-order valence-electron chi connectivity index (χ3n) is 3.57. The Balaban J connectivity index is 2.37. The summed E-state index contributed by atoms with van der Waals surface area (Å²) >= 11 is 0.